The van der Waals surface area contributed by atoms with Crippen LogP contribution in [0.1, 0.15) is 19.2 Å². The number of allylic oxidation sites excluding steroid dienone is 1. The largest absolute Gasteiger partial charge is 0.394 e. The van der Waals surface area contributed by atoms with Crippen molar-refractivity contribution < 1.29 is 30.0 Å². The molecule has 0 spiro atoms. The highest BCUT2D eigenvalue weighted by molar-refractivity contribution is 5.81. The minimum absolute atomic E-state index is 0.174. The molecule has 3 rings (SSSR count). The van der Waals surface area contributed by atoms with Gasteiger partial charge in [0.25, 0.3) is 6.29 Å². The van der Waals surface area contributed by atoms with Crippen LogP contribution in [0, 0.1) is 0 Å². The first-order valence-corrected chi connectivity index (χ1v) is 8.43. The van der Waals surface area contributed by atoms with Crippen LogP contribution in [0.3, 0.4) is 0 Å². The number of rotatable bonds is 6. The van der Waals surface area contributed by atoms with Crippen LogP contribution in [0.2, 0.25) is 0 Å². The molecule has 0 aliphatic carbocycles. The molecule has 0 radical (unpaired) electrons. The summed E-state index contributed by atoms with van der Waals surface area (Å²) in [5.41, 5.74) is 7.47. The summed E-state index contributed by atoms with van der Waals surface area (Å²) < 4.78 is 6.47. The Bertz CT molecular complexity index is 825. The Balaban J connectivity index is 1.87. The maximum absolute atomic E-state index is 10.1. The number of aliphatic hydroxyl groups excluding tert-OH is 4. The summed E-state index contributed by atoms with van der Waals surface area (Å²) in [6, 6.07) is 0. The molecule has 1 fully saturated rings. The summed E-state index contributed by atoms with van der Waals surface area (Å²) >= 11 is 0. The molecule has 27 heavy (non-hydrogen) atoms. The fourth-order valence-electron chi connectivity index (χ4n) is 2.73. The Morgan fingerprint density at radius 1 is 1.30 bits per heavy atom. The number of hydrogen-bond acceptors (Lipinski definition) is 10. The van der Waals surface area contributed by atoms with Crippen LogP contribution >= 0.6 is 0 Å². The van der Waals surface area contributed by atoms with Crippen molar-refractivity contribution in [3.05, 3.63) is 24.3 Å². The van der Waals surface area contributed by atoms with Gasteiger partial charge in [-0.2, -0.15) is 0 Å². The van der Waals surface area contributed by atoms with Crippen LogP contribution in [0.4, 0.5) is 5.82 Å². The number of aromatic nitrogens is 4. The Hall–Kier alpha value is -2.31. The molecule has 0 saturated carbocycles. The fourth-order valence-corrected chi connectivity index (χ4v) is 2.73. The van der Waals surface area contributed by atoms with Gasteiger partial charge in [-0.1, -0.05) is 5.57 Å². The monoisotopic (exact) mass is 381 g/mol. The summed E-state index contributed by atoms with van der Waals surface area (Å²) in [5, 5.41) is 39.1. The number of aryl methyl sites for hydroxylation is 1. The van der Waals surface area contributed by atoms with Crippen molar-refractivity contribution in [2.45, 2.75) is 50.5 Å². The minimum Gasteiger partial charge on any atom is -0.394 e. The number of ether oxygens (including phenoxy) is 1. The molecule has 11 nitrogen and oxygen atoms in total. The molecule has 1 saturated heterocycles. The van der Waals surface area contributed by atoms with E-state index < -0.39 is 37.3 Å². The lowest BCUT2D eigenvalue weighted by molar-refractivity contribution is -0.299. The molecule has 1 aliphatic heterocycles. The number of fused-ring (bicyclic) bond motifs is 1. The highest BCUT2D eigenvalue weighted by Crippen LogP contribution is 2.22. The molecular formula is C16H23N5O6. The molecule has 1 unspecified atom stereocenters. The first kappa shape index (κ1) is 19.5. The van der Waals surface area contributed by atoms with Crippen molar-refractivity contribution in [1.29, 1.82) is 0 Å². The molecule has 0 amide bonds. The molecule has 5 atom stereocenters. The molecule has 2 aromatic rings. The number of aliphatic hydroxyl groups is 4. The van der Waals surface area contributed by atoms with Crippen molar-refractivity contribution in [3.8, 4) is 0 Å². The SMILES string of the molecule is C=C(C)CCc1nc(N)c2ncn(OC3O[C@H](CO)[C@@H](O)[C@H](O)[C@H]3O)c2n1. The lowest BCUT2D eigenvalue weighted by Crippen LogP contribution is -2.61. The topological polar surface area (TPSA) is 169 Å². The van der Waals surface area contributed by atoms with Gasteiger partial charge in [0.05, 0.1) is 6.61 Å². The molecule has 148 valence electrons. The van der Waals surface area contributed by atoms with Crippen molar-refractivity contribution in [2.24, 2.45) is 0 Å². The fraction of sp³-hybridized carbons (Fsp3) is 0.562. The van der Waals surface area contributed by atoms with Crippen LogP contribution < -0.4 is 10.6 Å². The van der Waals surface area contributed by atoms with Crippen LogP contribution in [-0.4, -0.2) is 77.4 Å². The number of nitrogen functional groups attached to an aromatic ring is 1. The molecule has 1 aliphatic rings. The molecule has 6 N–H and O–H groups in total. The number of hydrogen-bond donors (Lipinski definition) is 5. The molecule has 0 bridgehead atoms. The van der Waals surface area contributed by atoms with Gasteiger partial charge in [-0.3, -0.25) is 0 Å². The van der Waals surface area contributed by atoms with E-state index in [4.69, 9.17) is 15.3 Å². The zero-order chi connectivity index (χ0) is 19.7. The predicted octanol–water partition coefficient (Wildman–Crippen LogP) is -1.85. The van der Waals surface area contributed by atoms with Crippen LogP contribution in [-0.2, 0) is 11.2 Å². The first-order valence-electron chi connectivity index (χ1n) is 8.43. The lowest BCUT2D eigenvalue weighted by atomic mass is 9.99. The second-order valence-corrected chi connectivity index (χ2v) is 6.53. The van der Waals surface area contributed by atoms with Gasteiger partial charge in [0.1, 0.15) is 36.6 Å². The third-order valence-corrected chi connectivity index (χ3v) is 4.28. The van der Waals surface area contributed by atoms with E-state index in [1.54, 1.807) is 0 Å². The molecule has 0 aromatic carbocycles. The summed E-state index contributed by atoms with van der Waals surface area (Å²) in [7, 11) is 0. The molecular weight excluding hydrogens is 358 g/mol. The van der Waals surface area contributed by atoms with E-state index in [0.29, 0.717) is 24.2 Å². The van der Waals surface area contributed by atoms with E-state index >= 15 is 0 Å². The van der Waals surface area contributed by atoms with Gasteiger partial charge in [-0.15, -0.1) is 11.3 Å². The second kappa shape index (κ2) is 7.74. The Morgan fingerprint density at radius 2 is 2.04 bits per heavy atom. The van der Waals surface area contributed by atoms with E-state index in [9.17, 15) is 20.4 Å². The van der Waals surface area contributed by atoms with Crippen molar-refractivity contribution in [1.82, 2.24) is 19.7 Å². The third kappa shape index (κ3) is 3.87. The smallest absolute Gasteiger partial charge is 0.254 e. The van der Waals surface area contributed by atoms with E-state index in [1.165, 1.54) is 6.33 Å². The number of nitrogens with zero attached hydrogens (tertiary/aromatic N) is 4. The van der Waals surface area contributed by atoms with Crippen LogP contribution in [0.15, 0.2) is 18.5 Å². The van der Waals surface area contributed by atoms with Gasteiger partial charge in [0.2, 0.25) is 5.65 Å². The van der Waals surface area contributed by atoms with Crippen LogP contribution in [0.25, 0.3) is 11.2 Å². The van der Waals surface area contributed by atoms with Gasteiger partial charge in [-0.05, 0) is 13.3 Å². The summed E-state index contributed by atoms with van der Waals surface area (Å²) in [5.74, 6) is 0.648. The molecule has 3 heterocycles. The number of nitrogens with two attached hydrogens (primary N) is 1. The molecule has 2 aromatic heterocycles. The van der Waals surface area contributed by atoms with Crippen LogP contribution in [0.5, 0.6) is 0 Å². The normalized spacial score (nSPS) is 28.4. The third-order valence-electron chi connectivity index (χ3n) is 4.28. The van der Waals surface area contributed by atoms with Crippen molar-refractivity contribution in [3.63, 3.8) is 0 Å². The predicted molar refractivity (Wildman–Crippen MR) is 93.2 cm³/mol. The number of anilines is 1. The zero-order valence-electron chi connectivity index (χ0n) is 14.8. The average Bonchev–Trinajstić information content (AvgIpc) is 3.03. The summed E-state index contributed by atoms with van der Waals surface area (Å²) in [4.78, 5) is 18.2. The second-order valence-electron chi connectivity index (χ2n) is 6.53. The van der Waals surface area contributed by atoms with Gasteiger partial charge in [0.15, 0.2) is 11.3 Å². The minimum atomic E-state index is -1.55. The highest BCUT2D eigenvalue weighted by atomic mass is 16.8. The Kier molecular flexibility index (Phi) is 5.58. The Morgan fingerprint density at radius 3 is 2.70 bits per heavy atom. The van der Waals surface area contributed by atoms with E-state index in [2.05, 4.69) is 21.5 Å². The van der Waals surface area contributed by atoms with Crippen molar-refractivity contribution >= 4 is 17.0 Å². The van der Waals surface area contributed by atoms with E-state index in [1.807, 2.05) is 6.92 Å². The maximum atomic E-state index is 10.1. The Labute approximate surface area is 154 Å². The first-order chi connectivity index (χ1) is 12.8. The quantitative estimate of drug-likeness (QED) is 0.358. The average molecular weight is 381 g/mol. The van der Waals surface area contributed by atoms with Gasteiger partial charge < -0.3 is 35.7 Å². The lowest BCUT2D eigenvalue weighted by Gasteiger charge is -2.39. The van der Waals surface area contributed by atoms with Gasteiger partial charge in [-0.25, -0.2) is 15.0 Å². The standard InChI is InChI=1S/C16H23N5O6/c1-7(2)3-4-9-19-14(17)10-15(20-9)21(6-18-10)27-16-13(25)12(24)11(23)8(5-22)26-16/h6,8,11-13,16,22-25H,1,3-5H2,2H3,(H2,17,19,20)/t8-,11-,12+,13-,16?/m1/s1. The van der Waals surface area contributed by atoms with Gasteiger partial charge >= 0.3 is 0 Å². The highest BCUT2D eigenvalue weighted by Gasteiger charge is 2.45. The van der Waals surface area contributed by atoms with E-state index in [0.717, 1.165) is 10.3 Å². The summed E-state index contributed by atoms with van der Waals surface area (Å²) in [6.45, 7) is 5.18. The zero-order valence-corrected chi connectivity index (χ0v) is 14.8. The number of imidazole rings is 1. The molecule has 11 heteroatoms. The summed E-state index contributed by atoms with van der Waals surface area (Å²) in [6.07, 6.45) is -4.55. The van der Waals surface area contributed by atoms with Gasteiger partial charge in [0, 0.05) is 6.42 Å². The van der Waals surface area contributed by atoms with Crippen molar-refractivity contribution in [2.75, 3.05) is 12.3 Å². The maximum Gasteiger partial charge on any atom is 0.254 e. The van der Waals surface area contributed by atoms with E-state index in [-0.39, 0.29) is 11.5 Å².